The molecule has 5 heteroatoms. The van der Waals surface area contributed by atoms with Crippen LogP contribution in [0.25, 0.3) is 0 Å². The standard InChI is InChI=1S/C24H25N3O2/c1-25-23(28)21-14-12-19(13-15-21)17-26-24(29)27-22(20-10-6-3-7-11-20)16-18-8-4-2-5-9-18/h2-15,22H,16-17H2,1H3,(H,25,28)(H2,26,27,29). The second-order valence-electron chi connectivity index (χ2n) is 6.76. The number of nitrogens with one attached hydrogen (secondary N) is 3. The molecule has 0 saturated carbocycles. The molecule has 0 spiro atoms. The molecule has 0 aliphatic heterocycles. The van der Waals surface area contributed by atoms with Crippen LogP contribution in [0.15, 0.2) is 84.9 Å². The highest BCUT2D eigenvalue weighted by Crippen LogP contribution is 2.18. The van der Waals surface area contributed by atoms with E-state index in [-0.39, 0.29) is 18.0 Å². The SMILES string of the molecule is CNC(=O)c1ccc(CNC(=O)NC(Cc2ccccc2)c2ccccc2)cc1. The monoisotopic (exact) mass is 387 g/mol. The lowest BCUT2D eigenvalue weighted by molar-refractivity contribution is 0.0963. The zero-order valence-electron chi connectivity index (χ0n) is 16.4. The van der Waals surface area contributed by atoms with Crippen molar-refractivity contribution in [1.29, 1.82) is 0 Å². The van der Waals surface area contributed by atoms with Gasteiger partial charge in [0.05, 0.1) is 6.04 Å². The van der Waals surface area contributed by atoms with Crippen LogP contribution in [0.1, 0.15) is 33.1 Å². The molecule has 3 rings (SSSR count). The Morgan fingerprint density at radius 1 is 0.793 bits per heavy atom. The largest absolute Gasteiger partial charge is 0.355 e. The number of carbonyl (C=O) groups is 2. The smallest absolute Gasteiger partial charge is 0.315 e. The highest BCUT2D eigenvalue weighted by molar-refractivity contribution is 5.93. The first-order valence-electron chi connectivity index (χ1n) is 9.60. The summed E-state index contributed by atoms with van der Waals surface area (Å²) in [4.78, 5) is 24.1. The van der Waals surface area contributed by atoms with Crippen molar-refractivity contribution >= 4 is 11.9 Å². The third-order valence-electron chi connectivity index (χ3n) is 4.69. The predicted molar refractivity (Wildman–Crippen MR) is 115 cm³/mol. The summed E-state index contributed by atoms with van der Waals surface area (Å²) in [6.45, 7) is 0.382. The van der Waals surface area contributed by atoms with Crippen LogP contribution in [-0.4, -0.2) is 19.0 Å². The van der Waals surface area contributed by atoms with E-state index in [1.165, 1.54) is 0 Å². The van der Waals surface area contributed by atoms with Crippen molar-refractivity contribution in [3.8, 4) is 0 Å². The average molecular weight is 387 g/mol. The van der Waals surface area contributed by atoms with Crippen molar-refractivity contribution < 1.29 is 9.59 Å². The fourth-order valence-corrected chi connectivity index (χ4v) is 3.10. The number of benzene rings is 3. The van der Waals surface area contributed by atoms with Gasteiger partial charge in [-0.15, -0.1) is 0 Å². The number of urea groups is 1. The van der Waals surface area contributed by atoms with Crippen molar-refractivity contribution in [2.75, 3.05) is 7.05 Å². The van der Waals surface area contributed by atoms with E-state index < -0.39 is 0 Å². The molecule has 3 N–H and O–H groups in total. The Balaban J connectivity index is 1.61. The zero-order valence-corrected chi connectivity index (χ0v) is 16.4. The normalized spacial score (nSPS) is 11.3. The highest BCUT2D eigenvalue weighted by Gasteiger charge is 2.15. The minimum atomic E-state index is -0.231. The molecule has 3 aromatic carbocycles. The lowest BCUT2D eigenvalue weighted by atomic mass is 9.99. The molecule has 3 amide bonds. The maximum Gasteiger partial charge on any atom is 0.315 e. The number of amides is 3. The van der Waals surface area contributed by atoms with E-state index in [0.717, 1.165) is 16.7 Å². The molecule has 0 aromatic heterocycles. The lowest BCUT2D eigenvalue weighted by Crippen LogP contribution is -2.38. The molecule has 3 aromatic rings. The maximum absolute atomic E-state index is 12.5. The van der Waals surface area contributed by atoms with Crippen molar-refractivity contribution in [3.05, 3.63) is 107 Å². The summed E-state index contributed by atoms with van der Waals surface area (Å²) in [7, 11) is 1.60. The van der Waals surface area contributed by atoms with Gasteiger partial charge in [-0.25, -0.2) is 4.79 Å². The lowest BCUT2D eigenvalue weighted by Gasteiger charge is -2.20. The quantitative estimate of drug-likeness (QED) is 0.577. The topological polar surface area (TPSA) is 70.2 Å². The van der Waals surface area contributed by atoms with Crippen LogP contribution in [0.3, 0.4) is 0 Å². The molecule has 148 valence electrons. The summed E-state index contributed by atoms with van der Waals surface area (Å²) in [6.07, 6.45) is 0.707. The van der Waals surface area contributed by atoms with Gasteiger partial charge in [-0.3, -0.25) is 4.79 Å². The minimum absolute atomic E-state index is 0.130. The van der Waals surface area contributed by atoms with E-state index in [4.69, 9.17) is 0 Å². The first-order valence-corrected chi connectivity index (χ1v) is 9.60. The summed E-state index contributed by atoms with van der Waals surface area (Å²) in [5.74, 6) is -0.131. The molecule has 0 heterocycles. The highest BCUT2D eigenvalue weighted by atomic mass is 16.2. The fraction of sp³-hybridized carbons (Fsp3) is 0.167. The molecular weight excluding hydrogens is 362 g/mol. The van der Waals surface area contributed by atoms with E-state index in [1.807, 2.05) is 60.7 Å². The maximum atomic E-state index is 12.5. The second kappa shape index (κ2) is 10.1. The van der Waals surface area contributed by atoms with Crippen molar-refractivity contribution in [2.45, 2.75) is 19.0 Å². The Hall–Kier alpha value is -3.60. The van der Waals surface area contributed by atoms with Crippen LogP contribution in [0.2, 0.25) is 0 Å². The number of carbonyl (C=O) groups excluding carboxylic acids is 2. The second-order valence-corrected chi connectivity index (χ2v) is 6.76. The Kier molecular flexibility index (Phi) is 7.00. The molecule has 1 unspecified atom stereocenters. The van der Waals surface area contributed by atoms with Crippen LogP contribution in [0.5, 0.6) is 0 Å². The number of hydrogen-bond donors (Lipinski definition) is 3. The number of hydrogen-bond acceptors (Lipinski definition) is 2. The van der Waals surface area contributed by atoms with Gasteiger partial charge in [-0.1, -0.05) is 72.8 Å². The molecule has 5 nitrogen and oxygen atoms in total. The summed E-state index contributed by atoms with van der Waals surface area (Å²) >= 11 is 0. The first-order chi connectivity index (χ1) is 14.2. The van der Waals surface area contributed by atoms with Gasteiger partial charge in [-0.2, -0.15) is 0 Å². The Morgan fingerprint density at radius 2 is 1.41 bits per heavy atom. The molecule has 0 aliphatic carbocycles. The van der Waals surface area contributed by atoms with Gasteiger partial charge < -0.3 is 16.0 Å². The molecule has 1 atom stereocenters. The zero-order chi connectivity index (χ0) is 20.5. The molecule has 0 fully saturated rings. The van der Waals surface area contributed by atoms with Gasteiger partial charge in [-0.05, 0) is 35.2 Å². The Bertz CT molecular complexity index is 925. The van der Waals surface area contributed by atoms with Crippen LogP contribution in [0, 0.1) is 0 Å². The van der Waals surface area contributed by atoms with Gasteiger partial charge in [0.25, 0.3) is 5.91 Å². The summed E-state index contributed by atoms with van der Waals surface area (Å²) < 4.78 is 0. The van der Waals surface area contributed by atoms with Crippen molar-refractivity contribution in [2.24, 2.45) is 0 Å². The first kappa shape index (κ1) is 20.1. The molecule has 0 aliphatic rings. The van der Waals surface area contributed by atoms with E-state index in [0.29, 0.717) is 18.5 Å². The van der Waals surface area contributed by atoms with E-state index >= 15 is 0 Å². The third-order valence-corrected chi connectivity index (χ3v) is 4.69. The summed E-state index contributed by atoms with van der Waals surface area (Å²) in [5, 5.41) is 8.56. The molecule has 0 saturated heterocycles. The van der Waals surface area contributed by atoms with E-state index in [2.05, 4.69) is 28.1 Å². The molecule has 0 radical (unpaired) electrons. The minimum Gasteiger partial charge on any atom is -0.355 e. The van der Waals surface area contributed by atoms with Gasteiger partial charge in [0.1, 0.15) is 0 Å². The van der Waals surface area contributed by atoms with Crippen LogP contribution in [-0.2, 0) is 13.0 Å². The third kappa shape index (κ3) is 5.94. The summed E-state index contributed by atoms with van der Waals surface area (Å²) in [5.41, 5.74) is 3.73. The summed E-state index contributed by atoms with van der Waals surface area (Å²) in [6, 6.07) is 26.9. The number of rotatable bonds is 7. The fourth-order valence-electron chi connectivity index (χ4n) is 3.10. The van der Waals surface area contributed by atoms with Crippen LogP contribution < -0.4 is 16.0 Å². The van der Waals surface area contributed by atoms with Crippen molar-refractivity contribution in [1.82, 2.24) is 16.0 Å². The predicted octanol–water partition coefficient (Wildman–Crippen LogP) is 3.83. The molecule has 0 bridgehead atoms. The van der Waals surface area contributed by atoms with E-state index in [9.17, 15) is 9.59 Å². The van der Waals surface area contributed by atoms with Crippen molar-refractivity contribution in [3.63, 3.8) is 0 Å². The van der Waals surface area contributed by atoms with Crippen LogP contribution in [0.4, 0.5) is 4.79 Å². The Morgan fingerprint density at radius 3 is 2.03 bits per heavy atom. The molecule has 29 heavy (non-hydrogen) atoms. The van der Waals surface area contributed by atoms with E-state index in [1.54, 1.807) is 19.2 Å². The van der Waals surface area contributed by atoms with Gasteiger partial charge in [0.15, 0.2) is 0 Å². The molecular formula is C24H25N3O2. The van der Waals surface area contributed by atoms with Gasteiger partial charge in [0, 0.05) is 19.2 Å². The van der Waals surface area contributed by atoms with Gasteiger partial charge >= 0.3 is 6.03 Å². The van der Waals surface area contributed by atoms with Gasteiger partial charge in [0.2, 0.25) is 0 Å². The average Bonchev–Trinajstić information content (AvgIpc) is 2.78. The van der Waals surface area contributed by atoms with Crippen LogP contribution >= 0.6 is 0 Å². The Labute approximate surface area is 171 Å².